The van der Waals surface area contributed by atoms with Gasteiger partial charge in [0.15, 0.2) is 5.11 Å². The Morgan fingerprint density at radius 3 is 1.79 bits per heavy atom. The van der Waals surface area contributed by atoms with Crippen molar-refractivity contribution >= 4 is 17.3 Å². The summed E-state index contributed by atoms with van der Waals surface area (Å²) in [6, 6.07) is 0. The van der Waals surface area contributed by atoms with E-state index in [4.69, 9.17) is 12.2 Å². The van der Waals surface area contributed by atoms with Crippen molar-refractivity contribution in [2.45, 2.75) is 71.1 Å². The molecule has 0 aliphatic carbocycles. The van der Waals surface area contributed by atoms with Crippen molar-refractivity contribution in [3.8, 4) is 0 Å². The van der Waals surface area contributed by atoms with Gasteiger partial charge >= 0.3 is 0 Å². The first-order valence-corrected chi connectivity index (χ1v) is 8.29. The lowest BCUT2D eigenvalue weighted by Gasteiger charge is -2.15. The second kappa shape index (κ2) is 14.1. The molecule has 0 aromatic rings. The molecule has 0 aliphatic rings. The van der Waals surface area contributed by atoms with Gasteiger partial charge in [0.1, 0.15) is 0 Å². The van der Waals surface area contributed by atoms with Crippen LogP contribution in [-0.2, 0) is 0 Å². The fourth-order valence-corrected chi connectivity index (χ4v) is 2.34. The summed E-state index contributed by atoms with van der Waals surface area (Å²) < 4.78 is 0. The minimum absolute atomic E-state index is 0.723. The number of nitrogens with zero attached hydrogens (tertiary/aromatic N) is 1. The van der Waals surface area contributed by atoms with E-state index in [1.54, 1.807) is 0 Å². The lowest BCUT2D eigenvalue weighted by molar-refractivity contribution is 0.359. The van der Waals surface area contributed by atoms with Crippen LogP contribution in [-0.4, -0.2) is 30.8 Å². The first-order chi connectivity index (χ1) is 9.16. The van der Waals surface area contributed by atoms with E-state index in [0.29, 0.717) is 0 Å². The Hall–Kier alpha value is -0.350. The van der Waals surface area contributed by atoms with Gasteiger partial charge in [-0.05, 0) is 18.6 Å². The molecular formula is C15H33N3S. The van der Waals surface area contributed by atoms with Gasteiger partial charge in [0.05, 0.1) is 0 Å². The normalized spacial score (nSPS) is 10.7. The smallest absolute Gasteiger partial charge is 0.180 e. The Balaban J connectivity index is 3.08. The Kier molecular flexibility index (Phi) is 13.8. The summed E-state index contributed by atoms with van der Waals surface area (Å²) in [7, 11) is 3.88. The largest absolute Gasteiger partial charge is 0.362 e. The van der Waals surface area contributed by atoms with Crippen molar-refractivity contribution in [2.75, 3.05) is 20.6 Å². The zero-order valence-electron chi connectivity index (χ0n) is 13.1. The van der Waals surface area contributed by atoms with Crippen molar-refractivity contribution in [2.24, 2.45) is 0 Å². The van der Waals surface area contributed by atoms with Crippen LogP contribution in [0.1, 0.15) is 71.1 Å². The van der Waals surface area contributed by atoms with Gasteiger partial charge in [-0.15, -0.1) is 0 Å². The Morgan fingerprint density at radius 2 is 1.32 bits per heavy atom. The molecule has 0 rings (SSSR count). The summed E-state index contributed by atoms with van der Waals surface area (Å²) in [6.45, 7) is 3.25. The number of unbranched alkanes of at least 4 members (excludes halogenated alkanes) is 9. The third kappa shape index (κ3) is 15.6. The fraction of sp³-hybridized carbons (Fsp3) is 0.933. The summed E-state index contributed by atoms with van der Waals surface area (Å²) in [6.07, 6.45) is 13.7. The van der Waals surface area contributed by atoms with Gasteiger partial charge in [-0.3, -0.25) is 5.43 Å². The number of rotatable bonds is 12. The minimum Gasteiger partial charge on any atom is -0.362 e. The quantitative estimate of drug-likeness (QED) is 0.324. The molecule has 0 fully saturated rings. The molecule has 0 saturated heterocycles. The molecule has 0 aliphatic heterocycles. The lowest BCUT2D eigenvalue weighted by atomic mass is 10.1. The molecule has 0 bridgehead atoms. The predicted molar refractivity (Wildman–Crippen MR) is 89.3 cm³/mol. The van der Waals surface area contributed by atoms with Crippen LogP contribution in [0.3, 0.4) is 0 Å². The van der Waals surface area contributed by atoms with Crippen molar-refractivity contribution < 1.29 is 0 Å². The molecule has 0 atom stereocenters. The molecular weight excluding hydrogens is 254 g/mol. The molecule has 0 radical (unpaired) electrons. The molecule has 0 saturated carbocycles. The molecule has 0 unspecified atom stereocenters. The molecule has 2 N–H and O–H groups in total. The van der Waals surface area contributed by atoms with Crippen molar-refractivity contribution in [3.05, 3.63) is 0 Å². The maximum absolute atomic E-state index is 5.14. The van der Waals surface area contributed by atoms with Crippen LogP contribution in [0.4, 0.5) is 0 Å². The Morgan fingerprint density at radius 1 is 0.842 bits per heavy atom. The zero-order valence-corrected chi connectivity index (χ0v) is 14.0. The average Bonchev–Trinajstić information content (AvgIpc) is 2.35. The highest BCUT2D eigenvalue weighted by molar-refractivity contribution is 7.80. The fourth-order valence-electron chi connectivity index (χ4n) is 2.06. The van der Waals surface area contributed by atoms with Gasteiger partial charge < -0.3 is 5.32 Å². The van der Waals surface area contributed by atoms with Gasteiger partial charge in [-0.25, -0.2) is 5.01 Å². The summed E-state index contributed by atoms with van der Waals surface area (Å²) >= 11 is 5.14. The number of hydrazine groups is 1. The molecule has 19 heavy (non-hydrogen) atoms. The summed E-state index contributed by atoms with van der Waals surface area (Å²) in [5.41, 5.74) is 3.03. The number of nitrogens with one attached hydrogen (secondary N) is 2. The van der Waals surface area contributed by atoms with Gasteiger partial charge in [0.2, 0.25) is 0 Å². The number of thiocarbonyl (C=S) groups is 1. The highest BCUT2D eigenvalue weighted by Gasteiger charge is 1.96. The SMILES string of the molecule is CCCCCCCCCCCCNC(=S)NN(C)C. The molecule has 0 spiro atoms. The standard InChI is InChI=1S/C15H33N3S/c1-4-5-6-7-8-9-10-11-12-13-14-16-15(19)17-18(2)3/h4-14H2,1-3H3,(H2,16,17,19). The summed E-state index contributed by atoms with van der Waals surface area (Å²) in [5.74, 6) is 0. The van der Waals surface area contributed by atoms with E-state index in [-0.39, 0.29) is 0 Å². The second-order valence-electron chi connectivity index (χ2n) is 5.44. The highest BCUT2D eigenvalue weighted by Crippen LogP contribution is 2.10. The third-order valence-electron chi connectivity index (χ3n) is 3.14. The maximum atomic E-state index is 5.14. The van der Waals surface area contributed by atoms with Crippen LogP contribution in [0.25, 0.3) is 0 Å². The third-order valence-corrected chi connectivity index (χ3v) is 3.38. The first kappa shape index (κ1) is 18.7. The van der Waals surface area contributed by atoms with E-state index >= 15 is 0 Å². The molecule has 114 valence electrons. The van der Waals surface area contributed by atoms with Crippen LogP contribution in [0, 0.1) is 0 Å². The summed E-state index contributed by atoms with van der Waals surface area (Å²) in [4.78, 5) is 0. The number of hydrogen-bond donors (Lipinski definition) is 2. The van der Waals surface area contributed by atoms with Crippen LogP contribution in [0.2, 0.25) is 0 Å². The first-order valence-electron chi connectivity index (χ1n) is 7.88. The van der Waals surface area contributed by atoms with E-state index in [1.807, 2.05) is 19.1 Å². The second-order valence-corrected chi connectivity index (χ2v) is 5.85. The number of hydrogen-bond acceptors (Lipinski definition) is 2. The van der Waals surface area contributed by atoms with Gasteiger partial charge in [0.25, 0.3) is 0 Å². The molecule has 0 amide bonds. The van der Waals surface area contributed by atoms with E-state index in [0.717, 1.165) is 11.7 Å². The predicted octanol–water partition coefficient (Wildman–Crippen LogP) is 3.85. The molecule has 0 aromatic heterocycles. The minimum atomic E-state index is 0.723. The zero-order chi connectivity index (χ0) is 14.3. The van der Waals surface area contributed by atoms with Gasteiger partial charge in [0, 0.05) is 20.6 Å². The monoisotopic (exact) mass is 287 g/mol. The van der Waals surface area contributed by atoms with E-state index < -0.39 is 0 Å². The molecule has 4 heteroatoms. The van der Waals surface area contributed by atoms with Crippen LogP contribution < -0.4 is 10.7 Å². The van der Waals surface area contributed by atoms with Crippen molar-refractivity contribution in [1.29, 1.82) is 0 Å². The molecule has 0 aromatic carbocycles. The van der Waals surface area contributed by atoms with Crippen LogP contribution in [0.5, 0.6) is 0 Å². The van der Waals surface area contributed by atoms with Gasteiger partial charge in [-0.2, -0.15) is 0 Å². The van der Waals surface area contributed by atoms with Crippen LogP contribution >= 0.6 is 12.2 Å². The summed E-state index contributed by atoms with van der Waals surface area (Å²) in [5, 5.41) is 5.80. The van der Waals surface area contributed by atoms with E-state index in [2.05, 4.69) is 17.7 Å². The lowest BCUT2D eigenvalue weighted by Crippen LogP contribution is -2.43. The molecule has 0 heterocycles. The van der Waals surface area contributed by atoms with Crippen LogP contribution in [0.15, 0.2) is 0 Å². The Bertz CT molecular complexity index is 208. The van der Waals surface area contributed by atoms with Crippen molar-refractivity contribution in [3.63, 3.8) is 0 Å². The van der Waals surface area contributed by atoms with Crippen molar-refractivity contribution in [1.82, 2.24) is 15.8 Å². The van der Waals surface area contributed by atoms with Gasteiger partial charge in [-0.1, -0.05) is 64.7 Å². The highest BCUT2D eigenvalue weighted by atomic mass is 32.1. The molecule has 3 nitrogen and oxygen atoms in total. The maximum Gasteiger partial charge on any atom is 0.180 e. The Labute approximate surface area is 125 Å². The topological polar surface area (TPSA) is 27.3 Å². The van der Waals surface area contributed by atoms with E-state index in [1.165, 1.54) is 64.2 Å². The van der Waals surface area contributed by atoms with E-state index in [9.17, 15) is 0 Å². The average molecular weight is 288 g/mol.